The largest absolute Gasteiger partial charge is 0.354 e. The lowest BCUT2D eigenvalue weighted by Crippen LogP contribution is -2.19. The average molecular weight is 868 g/mol. The van der Waals surface area contributed by atoms with Gasteiger partial charge in [0.1, 0.15) is 11.5 Å². The van der Waals surface area contributed by atoms with Crippen LogP contribution in [0.25, 0.3) is 88.7 Å². The lowest BCUT2D eigenvalue weighted by molar-refractivity contribution is 0.642. The first-order valence-corrected chi connectivity index (χ1v) is 23.3. The van der Waals surface area contributed by atoms with Crippen LogP contribution < -0.4 is 0 Å². The van der Waals surface area contributed by atoms with Gasteiger partial charge in [-0.25, -0.2) is 9.97 Å². The quantitative estimate of drug-likeness (QED) is 0.157. The number of fused-ring (bicyclic) bond motifs is 7. The van der Waals surface area contributed by atoms with Crippen LogP contribution in [0.5, 0.6) is 0 Å². The zero-order valence-corrected chi connectivity index (χ0v) is 38.3. The molecule has 0 radical (unpaired) electrons. The fourth-order valence-corrected chi connectivity index (χ4v) is 10.1. The van der Waals surface area contributed by atoms with Gasteiger partial charge in [-0.05, 0) is 131 Å². The highest BCUT2D eigenvalue weighted by atomic mass is 15.1. The van der Waals surface area contributed by atoms with Crippen LogP contribution in [0.4, 0.5) is 0 Å². The molecule has 4 heterocycles. The van der Waals surface area contributed by atoms with Crippen molar-refractivity contribution in [3.8, 4) is 33.9 Å². The summed E-state index contributed by atoms with van der Waals surface area (Å²) in [5.41, 5.74) is 16.1. The van der Waals surface area contributed by atoms with Crippen molar-refractivity contribution in [1.82, 2.24) is 24.1 Å². The molecule has 8 aromatic carbocycles. The van der Waals surface area contributed by atoms with Crippen LogP contribution in [0, 0.1) is 6.92 Å². The molecule has 0 bridgehead atoms. The number of benzene rings is 8. The van der Waals surface area contributed by atoms with Gasteiger partial charge in [-0.2, -0.15) is 0 Å². The van der Waals surface area contributed by atoms with E-state index in [4.69, 9.17) is 9.97 Å². The monoisotopic (exact) mass is 867 g/mol. The Hall–Kier alpha value is -8.02. The number of hydrogen-bond acceptors (Lipinski definition) is 2. The maximum Gasteiger partial charge on any atom is 0.147 e. The van der Waals surface area contributed by atoms with E-state index in [2.05, 4.69) is 182 Å². The van der Waals surface area contributed by atoms with Crippen molar-refractivity contribution < 1.29 is 2.74 Å². The van der Waals surface area contributed by atoms with Crippen LogP contribution in [0.2, 0.25) is 0 Å². The summed E-state index contributed by atoms with van der Waals surface area (Å²) in [6, 6.07) is 65.7. The number of rotatable bonds is 9. The topological polar surface area (TPSA) is 51.4 Å². The van der Waals surface area contributed by atoms with Crippen molar-refractivity contribution in [2.45, 2.75) is 52.3 Å². The van der Waals surface area contributed by atoms with Gasteiger partial charge in [0.15, 0.2) is 0 Å². The Bertz CT molecular complexity index is 3940. The maximum atomic E-state index is 9.73. The highest BCUT2D eigenvalue weighted by molar-refractivity contribution is 6.13. The SMILES string of the molecule is [2H]C([2H])(c1ccccc1)c1cc(-c2nc3c(-c4cccc(-n5c6cc(C(C)C)ccc6c6cccnc65)c4)cc(C(C)(C)c4ccccc4)cc3n2-c2ccccc2)c2[nH]c3ccc(C)cc3c2c1. The number of nitrogens with one attached hydrogen (secondary N) is 1. The second-order valence-electron chi connectivity index (χ2n) is 18.8. The molecule has 0 aliphatic rings. The van der Waals surface area contributed by atoms with Crippen molar-refractivity contribution in [2.75, 3.05) is 0 Å². The van der Waals surface area contributed by atoms with Gasteiger partial charge in [-0.1, -0.05) is 142 Å². The maximum absolute atomic E-state index is 9.73. The molecule has 67 heavy (non-hydrogen) atoms. The molecule has 4 aromatic heterocycles. The lowest BCUT2D eigenvalue weighted by Gasteiger charge is -2.27. The summed E-state index contributed by atoms with van der Waals surface area (Å²) < 4.78 is 24.1. The summed E-state index contributed by atoms with van der Waals surface area (Å²) >= 11 is 0. The number of imidazole rings is 1. The summed E-state index contributed by atoms with van der Waals surface area (Å²) in [4.78, 5) is 14.6. The molecule has 0 fully saturated rings. The molecule has 12 aromatic rings. The number of aromatic nitrogens is 5. The molecule has 0 amide bonds. The van der Waals surface area contributed by atoms with Gasteiger partial charge in [0, 0.05) is 63.9 Å². The standard InChI is InChI=1S/C62H51N5/c1-39(2)43-27-28-49-50-25-16-30-63-60(50)67(56(49)36-43)48-24-15-19-44(35-48)51-37-46(62(4,5)45-20-11-7-12-21-45)38-57-59(51)65-61(66(57)47-22-13-8-14-23-47)54-34-42(32-41-17-9-6-10-18-41)33-53-52-31-40(3)26-29-55(52)64-58(53)54/h6-31,33-39,64H,32H2,1-5H3/i32D2. The Morgan fingerprint density at radius 1 is 0.582 bits per heavy atom. The third-order valence-corrected chi connectivity index (χ3v) is 13.8. The first-order chi connectivity index (χ1) is 33.5. The van der Waals surface area contributed by atoms with Crippen LogP contribution >= 0.6 is 0 Å². The lowest BCUT2D eigenvalue weighted by atomic mass is 9.77. The minimum atomic E-state index is -1.81. The molecule has 0 saturated carbocycles. The van der Waals surface area contributed by atoms with Crippen molar-refractivity contribution >= 4 is 54.8 Å². The molecule has 324 valence electrons. The summed E-state index contributed by atoms with van der Waals surface area (Å²) in [6.45, 7) is 11.2. The highest BCUT2D eigenvalue weighted by Crippen LogP contribution is 2.44. The number of pyridine rings is 1. The van der Waals surface area contributed by atoms with E-state index in [9.17, 15) is 2.74 Å². The second kappa shape index (κ2) is 15.9. The molecule has 5 heteroatoms. The van der Waals surface area contributed by atoms with Crippen LogP contribution in [0.3, 0.4) is 0 Å². The predicted molar refractivity (Wildman–Crippen MR) is 280 cm³/mol. The van der Waals surface area contributed by atoms with Gasteiger partial charge >= 0.3 is 0 Å². The zero-order valence-electron chi connectivity index (χ0n) is 40.3. The molecule has 5 nitrogen and oxygen atoms in total. The van der Waals surface area contributed by atoms with Gasteiger partial charge in [0.25, 0.3) is 0 Å². The van der Waals surface area contributed by atoms with Crippen molar-refractivity contribution in [1.29, 1.82) is 0 Å². The smallest absolute Gasteiger partial charge is 0.147 e. The number of para-hydroxylation sites is 1. The van der Waals surface area contributed by atoms with E-state index in [0.717, 1.165) is 94.4 Å². The minimum absolute atomic E-state index is 0.366. The normalized spacial score (nSPS) is 12.8. The van der Waals surface area contributed by atoms with Crippen LogP contribution in [0.1, 0.15) is 69.7 Å². The van der Waals surface area contributed by atoms with Gasteiger partial charge in [0.2, 0.25) is 0 Å². The first-order valence-electron chi connectivity index (χ1n) is 24.3. The predicted octanol–water partition coefficient (Wildman–Crippen LogP) is 15.8. The number of aryl methyl sites for hydroxylation is 1. The molecule has 12 rings (SSSR count). The van der Waals surface area contributed by atoms with E-state index in [1.807, 2.05) is 60.8 Å². The second-order valence-corrected chi connectivity index (χ2v) is 18.8. The van der Waals surface area contributed by atoms with E-state index < -0.39 is 11.8 Å². The van der Waals surface area contributed by atoms with E-state index in [1.165, 1.54) is 16.5 Å². The Morgan fingerprint density at radius 2 is 1.34 bits per heavy atom. The van der Waals surface area contributed by atoms with Crippen molar-refractivity contribution in [2.24, 2.45) is 0 Å². The molecule has 0 aliphatic carbocycles. The highest BCUT2D eigenvalue weighted by Gasteiger charge is 2.28. The molecule has 0 spiro atoms. The number of aromatic amines is 1. The minimum Gasteiger partial charge on any atom is -0.354 e. The van der Waals surface area contributed by atoms with Gasteiger partial charge in [-0.15, -0.1) is 0 Å². The fraction of sp³-hybridized carbons (Fsp3) is 0.129. The molecule has 0 unspecified atom stereocenters. The Morgan fingerprint density at radius 3 is 2.13 bits per heavy atom. The average Bonchev–Trinajstić information content (AvgIpc) is 4.06. The van der Waals surface area contributed by atoms with Crippen LogP contribution in [0.15, 0.2) is 194 Å². The van der Waals surface area contributed by atoms with Gasteiger partial charge in [0.05, 0.1) is 22.1 Å². The molecule has 1 N–H and O–H groups in total. The van der Waals surface area contributed by atoms with Crippen LogP contribution in [-0.4, -0.2) is 24.1 Å². The first kappa shape index (κ1) is 38.3. The summed E-state index contributed by atoms with van der Waals surface area (Å²) in [5.74, 6) is 1.08. The van der Waals surface area contributed by atoms with E-state index >= 15 is 0 Å². The molecule has 0 aliphatic heterocycles. The summed E-state index contributed by atoms with van der Waals surface area (Å²) in [7, 11) is 0. The molecular formula is C62H51N5. The number of H-pyrrole nitrogens is 1. The number of hydrogen-bond donors (Lipinski definition) is 1. The van der Waals surface area contributed by atoms with Gasteiger partial charge in [-0.3, -0.25) is 9.13 Å². The molecular weight excluding hydrogens is 815 g/mol. The molecule has 0 saturated heterocycles. The third-order valence-electron chi connectivity index (χ3n) is 13.8. The fourth-order valence-electron chi connectivity index (χ4n) is 10.1. The van der Waals surface area contributed by atoms with Gasteiger partial charge < -0.3 is 4.98 Å². The van der Waals surface area contributed by atoms with E-state index in [0.29, 0.717) is 17.0 Å². The summed E-state index contributed by atoms with van der Waals surface area (Å²) in [6.07, 6.45) is 0.0737. The zero-order chi connectivity index (χ0) is 47.2. The van der Waals surface area contributed by atoms with Crippen LogP contribution in [-0.2, 0) is 11.8 Å². The van der Waals surface area contributed by atoms with E-state index in [1.54, 1.807) is 0 Å². The third kappa shape index (κ3) is 6.84. The Labute approximate surface area is 393 Å². The molecule has 0 atom stereocenters. The van der Waals surface area contributed by atoms with Crippen molar-refractivity contribution in [3.63, 3.8) is 0 Å². The Kier molecular flexibility index (Phi) is 9.05. The van der Waals surface area contributed by atoms with E-state index in [-0.39, 0.29) is 0 Å². The summed E-state index contributed by atoms with van der Waals surface area (Å²) in [5, 5.41) is 4.28. The Balaban J connectivity index is 1.18. The number of nitrogens with zero attached hydrogens (tertiary/aromatic N) is 4. The van der Waals surface area contributed by atoms with Crippen molar-refractivity contribution in [3.05, 3.63) is 228 Å².